The molecule has 1 saturated carbocycles. The van der Waals surface area contributed by atoms with Crippen LogP contribution >= 0.6 is 0 Å². The highest BCUT2D eigenvalue weighted by atomic mass is 16.5. The minimum Gasteiger partial charge on any atom is -0.481 e. The molecular weight excluding hydrogens is 228 g/mol. The van der Waals surface area contributed by atoms with E-state index in [2.05, 4.69) is 21.9 Å². The number of ether oxygens (including phenoxy) is 1. The highest BCUT2D eigenvalue weighted by Gasteiger charge is 2.27. The van der Waals surface area contributed by atoms with E-state index in [0.717, 1.165) is 24.2 Å². The van der Waals surface area contributed by atoms with Gasteiger partial charge in [0.15, 0.2) is 0 Å². The normalized spacial score (nSPS) is 23.8. The van der Waals surface area contributed by atoms with Crippen LogP contribution in [0.4, 0.5) is 5.82 Å². The van der Waals surface area contributed by atoms with Crippen LogP contribution in [0.5, 0.6) is 5.88 Å². The zero-order valence-corrected chi connectivity index (χ0v) is 11.4. The molecule has 0 saturated heterocycles. The van der Waals surface area contributed by atoms with Gasteiger partial charge in [-0.3, -0.25) is 0 Å². The quantitative estimate of drug-likeness (QED) is 0.880. The second-order valence-electron chi connectivity index (χ2n) is 4.96. The molecule has 2 unspecified atom stereocenters. The summed E-state index contributed by atoms with van der Waals surface area (Å²) in [4.78, 5) is 10.7. The van der Waals surface area contributed by atoms with Crippen LogP contribution in [0.15, 0.2) is 6.33 Å². The van der Waals surface area contributed by atoms with Gasteiger partial charge in [-0.1, -0.05) is 12.8 Å². The Morgan fingerprint density at radius 3 is 2.72 bits per heavy atom. The monoisotopic (exact) mass is 250 g/mol. The van der Waals surface area contributed by atoms with Crippen LogP contribution < -0.4 is 15.4 Å². The summed E-state index contributed by atoms with van der Waals surface area (Å²) >= 11 is 0. The van der Waals surface area contributed by atoms with Gasteiger partial charge in [0.05, 0.1) is 12.7 Å². The van der Waals surface area contributed by atoms with Crippen LogP contribution in [0.25, 0.3) is 0 Å². The van der Waals surface area contributed by atoms with Gasteiger partial charge in [-0.25, -0.2) is 9.97 Å². The van der Waals surface area contributed by atoms with Gasteiger partial charge in [-0.2, -0.15) is 0 Å². The van der Waals surface area contributed by atoms with Crippen molar-refractivity contribution in [2.75, 3.05) is 19.1 Å². The van der Waals surface area contributed by atoms with Crippen molar-refractivity contribution in [1.29, 1.82) is 0 Å². The lowest BCUT2D eigenvalue weighted by molar-refractivity contribution is 0.369. The molecule has 5 nitrogen and oxygen atoms in total. The van der Waals surface area contributed by atoms with Crippen LogP contribution in [0.1, 0.15) is 31.2 Å². The van der Waals surface area contributed by atoms with E-state index >= 15 is 0 Å². The lowest BCUT2D eigenvalue weighted by Gasteiger charge is -2.37. The molecule has 0 spiro atoms. The third-order valence-corrected chi connectivity index (χ3v) is 3.82. The molecular formula is C13H22N4O. The average Bonchev–Trinajstić information content (AvgIpc) is 2.39. The zero-order valence-electron chi connectivity index (χ0n) is 11.4. The van der Waals surface area contributed by atoms with E-state index in [9.17, 15) is 0 Å². The molecule has 0 aromatic carbocycles. The van der Waals surface area contributed by atoms with E-state index in [1.165, 1.54) is 12.8 Å². The van der Waals surface area contributed by atoms with Crippen LogP contribution in [0.3, 0.4) is 0 Å². The Morgan fingerprint density at radius 2 is 2.06 bits per heavy atom. The Hall–Kier alpha value is -1.36. The smallest absolute Gasteiger partial charge is 0.221 e. The maximum atomic E-state index is 6.22. The molecule has 18 heavy (non-hydrogen) atoms. The Balaban J connectivity index is 2.24. The van der Waals surface area contributed by atoms with Gasteiger partial charge < -0.3 is 15.4 Å². The number of anilines is 1. The molecule has 0 radical (unpaired) electrons. The molecule has 1 aliphatic carbocycles. The molecule has 1 aromatic rings. The van der Waals surface area contributed by atoms with Gasteiger partial charge in [-0.15, -0.1) is 0 Å². The van der Waals surface area contributed by atoms with Crippen LogP contribution in [0.2, 0.25) is 0 Å². The number of hydrogen-bond acceptors (Lipinski definition) is 5. The van der Waals surface area contributed by atoms with Crippen LogP contribution in [-0.2, 0) is 0 Å². The van der Waals surface area contributed by atoms with E-state index in [1.807, 2.05) is 6.92 Å². The molecule has 2 N–H and O–H groups in total. The fourth-order valence-electron chi connectivity index (χ4n) is 2.76. The van der Waals surface area contributed by atoms with Gasteiger partial charge in [0.25, 0.3) is 0 Å². The Bertz CT molecular complexity index is 410. The Morgan fingerprint density at radius 1 is 1.33 bits per heavy atom. The number of nitrogens with zero attached hydrogens (tertiary/aromatic N) is 3. The van der Waals surface area contributed by atoms with Crippen molar-refractivity contribution in [2.45, 2.75) is 44.7 Å². The predicted octanol–water partition coefficient (Wildman–Crippen LogP) is 1.50. The van der Waals surface area contributed by atoms with Crippen LogP contribution in [0, 0.1) is 6.92 Å². The fraction of sp³-hybridized carbons (Fsp3) is 0.692. The maximum Gasteiger partial charge on any atom is 0.221 e. The first-order valence-corrected chi connectivity index (χ1v) is 6.49. The lowest BCUT2D eigenvalue weighted by atomic mass is 9.90. The second kappa shape index (κ2) is 5.52. The fourth-order valence-corrected chi connectivity index (χ4v) is 2.76. The van der Waals surface area contributed by atoms with Crippen molar-refractivity contribution < 1.29 is 4.74 Å². The van der Waals surface area contributed by atoms with Crippen molar-refractivity contribution in [3.63, 3.8) is 0 Å². The summed E-state index contributed by atoms with van der Waals surface area (Å²) in [5.41, 5.74) is 7.19. The first kappa shape index (κ1) is 13.1. The molecule has 0 aliphatic heterocycles. The minimum absolute atomic E-state index is 0.226. The number of methoxy groups -OCH3 is 1. The molecule has 1 fully saturated rings. The molecule has 0 bridgehead atoms. The summed E-state index contributed by atoms with van der Waals surface area (Å²) in [6, 6.07) is 0.584. The summed E-state index contributed by atoms with van der Waals surface area (Å²) < 4.78 is 5.24. The molecule has 1 aromatic heterocycles. The molecule has 100 valence electrons. The maximum absolute atomic E-state index is 6.22. The molecule has 5 heteroatoms. The second-order valence-corrected chi connectivity index (χ2v) is 4.96. The Labute approximate surface area is 108 Å². The van der Waals surface area contributed by atoms with Gasteiger partial charge in [0.2, 0.25) is 5.88 Å². The van der Waals surface area contributed by atoms with Crippen molar-refractivity contribution in [3.8, 4) is 5.88 Å². The van der Waals surface area contributed by atoms with E-state index in [4.69, 9.17) is 10.5 Å². The molecule has 0 amide bonds. The van der Waals surface area contributed by atoms with E-state index in [1.54, 1.807) is 13.4 Å². The predicted molar refractivity (Wildman–Crippen MR) is 72.0 cm³/mol. The highest BCUT2D eigenvalue weighted by Crippen LogP contribution is 2.28. The molecule has 2 rings (SSSR count). The molecule has 1 heterocycles. The average molecular weight is 250 g/mol. The molecule has 2 atom stereocenters. The van der Waals surface area contributed by atoms with Crippen molar-refractivity contribution in [2.24, 2.45) is 5.73 Å². The standard InChI is InChI=1S/C13H22N4O/c1-9-12(15-8-16-13(9)18-3)17(2)11-7-5-4-6-10(11)14/h8,10-11H,4-7,14H2,1-3H3. The zero-order chi connectivity index (χ0) is 13.1. The SMILES string of the molecule is COc1ncnc(N(C)C2CCCCC2N)c1C. The first-order chi connectivity index (χ1) is 8.65. The van der Waals surface area contributed by atoms with E-state index in [0.29, 0.717) is 11.9 Å². The molecule has 1 aliphatic rings. The lowest BCUT2D eigenvalue weighted by Crippen LogP contribution is -2.48. The number of likely N-dealkylation sites (N-methyl/N-ethyl adjacent to an activating group) is 1. The van der Waals surface area contributed by atoms with Crippen LogP contribution in [-0.4, -0.2) is 36.2 Å². The highest BCUT2D eigenvalue weighted by molar-refractivity contribution is 5.50. The third-order valence-electron chi connectivity index (χ3n) is 3.82. The summed E-state index contributed by atoms with van der Waals surface area (Å²) in [6.45, 7) is 1.99. The summed E-state index contributed by atoms with van der Waals surface area (Å²) in [5.74, 6) is 1.56. The van der Waals surface area contributed by atoms with Crippen molar-refractivity contribution in [1.82, 2.24) is 9.97 Å². The number of aromatic nitrogens is 2. The van der Waals surface area contributed by atoms with Gasteiger partial charge in [0, 0.05) is 19.1 Å². The number of hydrogen-bond donors (Lipinski definition) is 1. The third kappa shape index (κ3) is 2.41. The van der Waals surface area contributed by atoms with Gasteiger partial charge in [0.1, 0.15) is 12.1 Å². The van der Waals surface area contributed by atoms with Crippen molar-refractivity contribution >= 4 is 5.82 Å². The van der Waals surface area contributed by atoms with Crippen molar-refractivity contribution in [3.05, 3.63) is 11.9 Å². The topological polar surface area (TPSA) is 64.3 Å². The van der Waals surface area contributed by atoms with Gasteiger partial charge >= 0.3 is 0 Å². The summed E-state index contributed by atoms with van der Waals surface area (Å²) in [7, 11) is 3.69. The van der Waals surface area contributed by atoms with E-state index < -0.39 is 0 Å². The number of rotatable bonds is 3. The minimum atomic E-state index is 0.226. The van der Waals surface area contributed by atoms with Gasteiger partial charge in [-0.05, 0) is 19.8 Å². The summed E-state index contributed by atoms with van der Waals surface area (Å²) in [6.07, 6.45) is 6.24. The largest absolute Gasteiger partial charge is 0.481 e. The van der Waals surface area contributed by atoms with E-state index in [-0.39, 0.29) is 6.04 Å². The first-order valence-electron chi connectivity index (χ1n) is 6.49. The number of nitrogens with two attached hydrogens (primary N) is 1. The Kier molecular flexibility index (Phi) is 4.01. The summed E-state index contributed by atoms with van der Waals surface area (Å²) in [5, 5.41) is 0.